The third-order valence-electron chi connectivity index (χ3n) is 4.48. The number of aryl methyl sites for hydroxylation is 2. The van der Waals surface area contributed by atoms with Crippen molar-refractivity contribution in [3.05, 3.63) is 52.8 Å². The van der Waals surface area contributed by atoms with Crippen molar-refractivity contribution in [3.63, 3.8) is 0 Å². The quantitative estimate of drug-likeness (QED) is 0.285. The molecule has 2 aromatic rings. The van der Waals surface area contributed by atoms with Crippen molar-refractivity contribution in [2.45, 2.75) is 33.1 Å². The molecule has 1 aromatic carbocycles. The lowest BCUT2D eigenvalue weighted by molar-refractivity contribution is -0.155. The molecule has 7 heteroatoms. The number of aromatic nitrogens is 2. The molecule has 0 aliphatic heterocycles. The second kappa shape index (κ2) is 10.2. The second-order valence-electron chi connectivity index (χ2n) is 7.96. The van der Waals surface area contributed by atoms with Crippen LogP contribution in [0, 0.1) is 6.92 Å². The van der Waals surface area contributed by atoms with Crippen LogP contribution in [0.15, 0.2) is 35.3 Å². The van der Waals surface area contributed by atoms with Gasteiger partial charge in [0, 0.05) is 33.0 Å². The van der Waals surface area contributed by atoms with Crippen molar-refractivity contribution >= 4 is 23.5 Å². The van der Waals surface area contributed by atoms with Crippen LogP contribution in [-0.4, -0.2) is 49.5 Å². The van der Waals surface area contributed by atoms with Gasteiger partial charge < -0.3 is 14.2 Å². The average molecular weight is 414 g/mol. The van der Waals surface area contributed by atoms with E-state index in [9.17, 15) is 4.79 Å². The van der Waals surface area contributed by atoms with E-state index >= 15 is 0 Å². The summed E-state index contributed by atoms with van der Waals surface area (Å²) in [5.41, 5.74) is 4.58. The Morgan fingerprint density at radius 1 is 1.20 bits per heavy atom. The van der Waals surface area contributed by atoms with Gasteiger partial charge in [0.15, 0.2) is 5.76 Å². The van der Waals surface area contributed by atoms with Crippen LogP contribution >= 0.6 is 0 Å². The fourth-order valence-electron chi connectivity index (χ4n) is 2.97. The number of nitrogens with zero attached hydrogens (tertiary/aromatic N) is 3. The molecule has 0 saturated carbocycles. The molecule has 0 saturated heterocycles. The van der Waals surface area contributed by atoms with Gasteiger partial charge in [-0.25, -0.2) is 4.79 Å². The number of carbonyl (C=O) groups is 1. The summed E-state index contributed by atoms with van der Waals surface area (Å²) >= 11 is 0. The lowest BCUT2D eigenvalue weighted by Crippen LogP contribution is -2.14. The Hall–Kier alpha value is -2.93. The molecule has 0 amide bonds. The summed E-state index contributed by atoms with van der Waals surface area (Å²) in [6.07, 6.45) is 1.74. The minimum absolute atomic E-state index is 0.0509. The Balaban J connectivity index is 2.51. The minimum Gasteiger partial charge on any atom is -0.454 e. The van der Waals surface area contributed by atoms with E-state index in [1.165, 1.54) is 12.7 Å². The van der Waals surface area contributed by atoms with Crippen LogP contribution in [0.5, 0.6) is 0 Å². The van der Waals surface area contributed by atoms with E-state index in [1.54, 1.807) is 17.9 Å². The van der Waals surface area contributed by atoms with Gasteiger partial charge in [-0.3, -0.25) is 9.67 Å². The molecule has 0 radical (unpaired) electrons. The highest BCUT2D eigenvalue weighted by Crippen LogP contribution is 2.29. The molecule has 7 nitrogen and oxygen atoms in total. The highest BCUT2D eigenvalue weighted by Gasteiger charge is 2.19. The highest BCUT2D eigenvalue weighted by atomic mass is 16.7. The first-order chi connectivity index (χ1) is 14.2. The molecule has 0 unspecified atom stereocenters. The predicted molar refractivity (Wildman–Crippen MR) is 118 cm³/mol. The zero-order valence-corrected chi connectivity index (χ0v) is 18.9. The molecule has 0 spiro atoms. The summed E-state index contributed by atoms with van der Waals surface area (Å²) in [4.78, 5) is 15.9. The fraction of sp³-hybridized carbons (Fsp3) is 0.435. The zero-order chi connectivity index (χ0) is 22.3. The number of methoxy groups -OCH3 is 1. The maximum Gasteiger partial charge on any atom is 0.334 e. The Kier molecular flexibility index (Phi) is 7.94. The van der Waals surface area contributed by atoms with Gasteiger partial charge in [-0.2, -0.15) is 5.10 Å². The minimum atomic E-state index is -0.502. The molecule has 0 aliphatic rings. The summed E-state index contributed by atoms with van der Waals surface area (Å²) in [6, 6.07) is 10.2. The van der Waals surface area contributed by atoms with E-state index in [-0.39, 0.29) is 18.8 Å². The van der Waals surface area contributed by atoms with Crippen molar-refractivity contribution in [3.8, 4) is 0 Å². The van der Waals surface area contributed by atoms with Gasteiger partial charge in [-0.15, -0.1) is 0 Å². The van der Waals surface area contributed by atoms with E-state index in [0.717, 1.165) is 22.5 Å². The standard InChI is InChI=1S/C23H31N3O4/c1-16-12-20(26(6)25-16)22(30-15-29-21(27)14-28-7)19(13-24-5)17-8-10-18(11-9-17)23(2,3)4/h8-13H,14-15H2,1-7H3/b22-19-,24-13?. The Labute approximate surface area is 178 Å². The molecule has 2 rings (SSSR count). The number of allylic oxidation sites excluding steroid dienone is 1. The van der Waals surface area contributed by atoms with Crippen LogP contribution in [0.1, 0.15) is 43.3 Å². The molecule has 30 heavy (non-hydrogen) atoms. The topological polar surface area (TPSA) is 74.9 Å². The number of esters is 1. The molecular formula is C23H31N3O4. The summed E-state index contributed by atoms with van der Waals surface area (Å²) in [5, 5.41) is 4.42. The van der Waals surface area contributed by atoms with Crippen LogP contribution in [-0.2, 0) is 31.5 Å². The summed E-state index contributed by atoms with van der Waals surface area (Å²) in [5.74, 6) is 0.0238. The molecule has 0 fully saturated rings. The number of ether oxygens (including phenoxy) is 3. The highest BCUT2D eigenvalue weighted by molar-refractivity contribution is 6.18. The van der Waals surface area contributed by atoms with Crippen LogP contribution < -0.4 is 0 Å². The zero-order valence-electron chi connectivity index (χ0n) is 18.9. The van der Waals surface area contributed by atoms with Gasteiger partial charge in [0.2, 0.25) is 6.79 Å². The first-order valence-corrected chi connectivity index (χ1v) is 9.73. The molecule has 162 valence electrons. The van der Waals surface area contributed by atoms with Gasteiger partial charge >= 0.3 is 5.97 Å². The normalized spacial score (nSPS) is 12.8. The third kappa shape index (κ3) is 6.03. The van der Waals surface area contributed by atoms with Crippen LogP contribution in [0.3, 0.4) is 0 Å². The lowest BCUT2D eigenvalue weighted by Gasteiger charge is -2.20. The number of hydrogen-bond donors (Lipinski definition) is 0. The maximum absolute atomic E-state index is 11.6. The van der Waals surface area contributed by atoms with Crippen LogP contribution in [0.2, 0.25) is 0 Å². The van der Waals surface area contributed by atoms with E-state index in [1.807, 2.05) is 32.2 Å². The first kappa shape index (κ1) is 23.3. The molecule has 0 bridgehead atoms. The van der Waals surface area contributed by atoms with Gasteiger partial charge in [0.25, 0.3) is 0 Å². The lowest BCUT2D eigenvalue weighted by atomic mass is 9.86. The molecule has 0 aliphatic carbocycles. The second-order valence-corrected chi connectivity index (χ2v) is 7.96. The molecule has 1 heterocycles. The van der Waals surface area contributed by atoms with E-state index in [0.29, 0.717) is 5.76 Å². The van der Waals surface area contributed by atoms with Crippen molar-refractivity contribution in [1.82, 2.24) is 9.78 Å². The Bertz CT molecular complexity index is 919. The average Bonchev–Trinajstić information content (AvgIpc) is 3.01. The summed E-state index contributed by atoms with van der Waals surface area (Å²) in [6.45, 7) is 8.05. The molecule has 0 atom stereocenters. The van der Waals surface area contributed by atoms with Crippen molar-refractivity contribution < 1.29 is 19.0 Å². The summed E-state index contributed by atoms with van der Waals surface area (Å²) < 4.78 is 17.6. The van der Waals surface area contributed by atoms with Crippen molar-refractivity contribution in [1.29, 1.82) is 0 Å². The number of hydrogen-bond acceptors (Lipinski definition) is 6. The fourth-order valence-corrected chi connectivity index (χ4v) is 2.97. The molecular weight excluding hydrogens is 382 g/mol. The smallest absolute Gasteiger partial charge is 0.334 e. The molecule has 1 aromatic heterocycles. The van der Waals surface area contributed by atoms with Crippen LogP contribution in [0.25, 0.3) is 11.3 Å². The van der Waals surface area contributed by atoms with Crippen molar-refractivity contribution in [2.75, 3.05) is 27.6 Å². The van der Waals surface area contributed by atoms with Crippen molar-refractivity contribution in [2.24, 2.45) is 12.0 Å². The van der Waals surface area contributed by atoms with Gasteiger partial charge in [-0.05, 0) is 29.5 Å². The van der Waals surface area contributed by atoms with E-state index in [4.69, 9.17) is 14.2 Å². The van der Waals surface area contributed by atoms with E-state index < -0.39 is 5.97 Å². The SMILES string of the molecule is CN=C/C(=C(/OCOC(=O)COC)c1cc(C)nn1C)c1ccc(C(C)(C)C)cc1. The number of rotatable bonds is 8. The monoisotopic (exact) mass is 413 g/mol. The summed E-state index contributed by atoms with van der Waals surface area (Å²) in [7, 11) is 4.98. The Morgan fingerprint density at radius 2 is 1.87 bits per heavy atom. The number of aliphatic imine (C=N–C) groups is 1. The maximum atomic E-state index is 11.6. The number of carbonyl (C=O) groups excluding carboxylic acids is 1. The third-order valence-corrected chi connectivity index (χ3v) is 4.48. The van der Waals surface area contributed by atoms with E-state index in [2.05, 4.69) is 43.0 Å². The van der Waals surface area contributed by atoms with Gasteiger partial charge in [0.1, 0.15) is 12.3 Å². The first-order valence-electron chi connectivity index (χ1n) is 9.73. The van der Waals surface area contributed by atoms with Gasteiger partial charge in [-0.1, -0.05) is 45.0 Å². The Morgan fingerprint density at radius 3 is 2.37 bits per heavy atom. The predicted octanol–water partition coefficient (Wildman–Crippen LogP) is 3.76. The van der Waals surface area contributed by atoms with Crippen LogP contribution in [0.4, 0.5) is 0 Å². The molecule has 0 N–H and O–H groups in total. The largest absolute Gasteiger partial charge is 0.454 e. The van der Waals surface area contributed by atoms with Gasteiger partial charge in [0.05, 0.1) is 5.69 Å². The number of benzene rings is 1.